The Morgan fingerprint density at radius 1 is 0.920 bits per heavy atom. The van der Waals surface area contributed by atoms with Gasteiger partial charge in [0.1, 0.15) is 6.61 Å². The Morgan fingerprint density at radius 2 is 1.44 bits per heavy atom. The molecule has 25 heavy (non-hydrogen) atoms. The van der Waals surface area contributed by atoms with Crippen LogP contribution in [0.25, 0.3) is 0 Å². The smallest absolute Gasteiger partial charge is 0.334 e. The van der Waals surface area contributed by atoms with E-state index in [1.54, 1.807) is 14.2 Å². The molecule has 0 aromatic heterocycles. The third kappa shape index (κ3) is 5.55. The van der Waals surface area contributed by atoms with E-state index in [4.69, 9.17) is 14.2 Å². The van der Waals surface area contributed by atoms with Crippen LogP contribution >= 0.6 is 0 Å². The first-order chi connectivity index (χ1) is 12.2. The molecule has 0 heterocycles. The Labute approximate surface area is 149 Å². The van der Waals surface area contributed by atoms with Gasteiger partial charge in [-0.15, -0.1) is 0 Å². The minimum Gasteiger partial charge on any atom is -0.457 e. The van der Waals surface area contributed by atoms with Gasteiger partial charge in [-0.1, -0.05) is 67.2 Å². The molecule has 0 spiro atoms. The minimum absolute atomic E-state index is 0.210. The molecule has 0 aliphatic rings. The zero-order valence-electron chi connectivity index (χ0n) is 14.7. The molecule has 2 aromatic rings. The maximum Gasteiger partial charge on any atom is 0.334 e. The first kappa shape index (κ1) is 18.9. The molecule has 0 fully saturated rings. The van der Waals surface area contributed by atoms with Crippen molar-refractivity contribution in [3.05, 3.63) is 83.9 Å². The van der Waals surface area contributed by atoms with E-state index in [1.807, 2.05) is 60.7 Å². The number of methoxy groups -OCH3 is 2. The van der Waals surface area contributed by atoms with Crippen LogP contribution in [0.3, 0.4) is 0 Å². The molecule has 0 N–H and O–H groups in total. The molecule has 2 aromatic carbocycles. The highest BCUT2D eigenvalue weighted by molar-refractivity contribution is 5.88. The molecule has 132 valence electrons. The average molecular weight is 340 g/mol. The van der Waals surface area contributed by atoms with Gasteiger partial charge in [0.25, 0.3) is 0 Å². The van der Waals surface area contributed by atoms with Crippen LogP contribution < -0.4 is 0 Å². The summed E-state index contributed by atoms with van der Waals surface area (Å²) in [6.45, 7) is 4.16. The van der Waals surface area contributed by atoms with Crippen molar-refractivity contribution < 1.29 is 19.0 Å². The van der Waals surface area contributed by atoms with Gasteiger partial charge in [-0.3, -0.25) is 0 Å². The highest BCUT2D eigenvalue weighted by Crippen LogP contribution is 2.24. The van der Waals surface area contributed by atoms with Gasteiger partial charge in [0.2, 0.25) is 0 Å². The molecular weight excluding hydrogens is 316 g/mol. The Bertz CT molecular complexity index is 663. The van der Waals surface area contributed by atoms with Gasteiger partial charge >= 0.3 is 5.97 Å². The third-order valence-corrected chi connectivity index (χ3v) is 4.01. The van der Waals surface area contributed by atoms with E-state index < -0.39 is 12.3 Å². The number of carbonyl (C=O) groups excluding carboxylic acids is 1. The fraction of sp³-hybridized carbons (Fsp3) is 0.286. The minimum atomic E-state index is -0.572. The van der Waals surface area contributed by atoms with Crippen molar-refractivity contribution in [2.24, 2.45) is 5.92 Å². The molecule has 0 radical (unpaired) electrons. The fourth-order valence-electron chi connectivity index (χ4n) is 2.64. The standard InChI is InChI=1S/C21H24O4/c1-16(20(22)25-15-18-12-8-5-9-13-18)19(21(23-2)24-3)14-17-10-6-4-7-11-17/h4-13,19,21H,1,14-15H2,2-3H3/t19-/m0/s1. The Morgan fingerprint density at radius 3 is 1.96 bits per heavy atom. The van der Waals surface area contributed by atoms with Crippen LogP contribution in [0.15, 0.2) is 72.8 Å². The van der Waals surface area contributed by atoms with Crippen LogP contribution in [0.1, 0.15) is 11.1 Å². The largest absolute Gasteiger partial charge is 0.457 e. The second kappa shape index (κ2) is 9.77. The molecule has 0 saturated heterocycles. The summed E-state index contributed by atoms with van der Waals surface area (Å²) in [7, 11) is 3.10. The van der Waals surface area contributed by atoms with E-state index in [9.17, 15) is 4.79 Å². The van der Waals surface area contributed by atoms with Crippen molar-refractivity contribution >= 4 is 5.97 Å². The van der Waals surface area contributed by atoms with Gasteiger partial charge in [0.15, 0.2) is 6.29 Å². The monoisotopic (exact) mass is 340 g/mol. The van der Waals surface area contributed by atoms with Crippen LogP contribution in [0, 0.1) is 5.92 Å². The molecular formula is C21H24O4. The number of esters is 1. The van der Waals surface area contributed by atoms with Crippen LogP contribution in [-0.2, 0) is 32.0 Å². The van der Waals surface area contributed by atoms with E-state index in [2.05, 4.69) is 6.58 Å². The van der Waals surface area contributed by atoms with E-state index in [0.717, 1.165) is 11.1 Å². The number of benzene rings is 2. The summed E-state index contributed by atoms with van der Waals surface area (Å²) >= 11 is 0. The van der Waals surface area contributed by atoms with Gasteiger partial charge in [-0.05, 0) is 17.5 Å². The first-order valence-corrected chi connectivity index (χ1v) is 8.15. The van der Waals surface area contributed by atoms with Crippen molar-refractivity contribution in [3.63, 3.8) is 0 Å². The topological polar surface area (TPSA) is 44.8 Å². The fourth-order valence-corrected chi connectivity index (χ4v) is 2.64. The van der Waals surface area contributed by atoms with Crippen molar-refractivity contribution in [1.29, 1.82) is 0 Å². The number of carbonyl (C=O) groups is 1. The van der Waals surface area contributed by atoms with Crippen molar-refractivity contribution in [1.82, 2.24) is 0 Å². The molecule has 0 amide bonds. The van der Waals surface area contributed by atoms with E-state index >= 15 is 0 Å². The second-order valence-electron chi connectivity index (χ2n) is 5.72. The van der Waals surface area contributed by atoms with Gasteiger partial charge in [-0.2, -0.15) is 0 Å². The third-order valence-electron chi connectivity index (χ3n) is 4.01. The summed E-state index contributed by atoms with van der Waals surface area (Å²) in [5.74, 6) is -0.774. The molecule has 0 saturated carbocycles. The lowest BCUT2D eigenvalue weighted by atomic mass is 9.92. The predicted molar refractivity (Wildman–Crippen MR) is 96.8 cm³/mol. The molecule has 4 nitrogen and oxygen atoms in total. The quantitative estimate of drug-likeness (QED) is 0.396. The molecule has 0 aliphatic heterocycles. The van der Waals surface area contributed by atoms with Gasteiger partial charge in [0.05, 0.1) is 0 Å². The zero-order valence-corrected chi connectivity index (χ0v) is 14.7. The highest BCUT2D eigenvalue weighted by Gasteiger charge is 2.29. The van der Waals surface area contributed by atoms with Crippen LogP contribution in [0.2, 0.25) is 0 Å². The molecule has 2 rings (SSSR count). The summed E-state index contributed by atoms with van der Waals surface area (Å²) in [5.41, 5.74) is 2.34. The van der Waals surface area contributed by atoms with Crippen LogP contribution in [-0.4, -0.2) is 26.5 Å². The van der Waals surface area contributed by atoms with Gasteiger partial charge in [0, 0.05) is 25.7 Å². The highest BCUT2D eigenvalue weighted by atomic mass is 16.7. The average Bonchev–Trinajstić information content (AvgIpc) is 2.67. The maximum absolute atomic E-state index is 12.5. The van der Waals surface area contributed by atoms with E-state index in [0.29, 0.717) is 12.0 Å². The summed E-state index contributed by atoms with van der Waals surface area (Å²) in [4.78, 5) is 12.5. The molecule has 4 heteroatoms. The van der Waals surface area contributed by atoms with Crippen molar-refractivity contribution in [2.75, 3.05) is 14.2 Å². The lowest BCUT2D eigenvalue weighted by Crippen LogP contribution is -2.31. The Balaban J connectivity index is 2.06. The normalized spacial score (nSPS) is 12.0. The van der Waals surface area contributed by atoms with Crippen LogP contribution in [0.4, 0.5) is 0 Å². The summed E-state index contributed by atoms with van der Waals surface area (Å²) in [6.07, 6.45) is 0.00361. The summed E-state index contributed by atoms with van der Waals surface area (Å²) < 4.78 is 16.2. The number of hydrogen-bond acceptors (Lipinski definition) is 4. The predicted octanol–water partition coefficient (Wildman–Crippen LogP) is 3.76. The summed E-state index contributed by atoms with van der Waals surface area (Å²) in [5, 5.41) is 0. The Kier molecular flexibility index (Phi) is 7.38. The number of hydrogen-bond donors (Lipinski definition) is 0. The van der Waals surface area contributed by atoms with Crippen molar-refractivity contribution in [3.8, 4) is 0 Å². The van der Waals surface area contributed by atoms with Gasteiger partial charge < -0.3 is 14.2 Å². The van der Waals surface area contributed by atoms with Gasteiger partial charge in [-0.25, -0.2) is 4.79 Å². The first-order valence-electron chi connectivity index (χ1n) is 8.15. The number of ether oxygens (including phenoxy) is 3. The van der Waals surface area contributed by atoms with E-state index in [-0.39, 0.29) is 12.5 Å². The number of rotatable bonds is 9. The lowest BCUT2D eigenvalue weighted by Gasteiger charge is -2.26. The molecule has 0 bridgehead atoms. The molecule has 0 unspecified atom stereocenters. The molecule has 0 aliphatic carbocycles. The van der Waals surface area contributed by atoms with Crippen LogP contribution in [0.5, 0.6) is 0 Å². The zero-order chi connectivity index (χ0) is 18.1. The lowest BCUT2D eigenvalue weighted by molar-refractivity contribution is -0.149. The van der Waals surface area contributed by atoms with E-state index in [1.165, 1.54) is 0 Å². The maximum atomic E-state index is 12.5. The second-order valence-corrected chi connectivity index (χ2v) is 5.72. The SMILES string of the molecule is C=C(C(=O)OCc1ccccc1)[C@H](Cc1ccccc1)C(OC)OC. The van der Waals surface area contributed by atoms with Crippen molar-refractivity contribution in [2.45, 2.75) is 19.3 Å². The molecule has 1 atom stereocenters. The summed E-state index contributed by atoms with van der Waals surface area (Å²) in [6, 6.07) is 19.4. The Hall–Kier alpha value is -2.43.